The molecular formula is C14H17NO2. The molecular weight excluding hydrogens is 214 g/mol. The molecule has 3 nitrogen and oxygen atoms in total. The summed E-state index contributed by atoms with van der Waals surface area (Å²) >= 11 is 0. The van der Waals surface area contributed by atoms with E-state index in [1.54, 1.807) is 24.3 Å². The largest absolute Gasteiger partial charge is 0.478 e. The van der Waals surface area contributed by atoms with Crippen molar-refractivity contribution in [1.82, 2.24) is 4.90 Å². The lowest BCUT2D eigenvalue weighted by molar-refractivity contribution is 0.0694. The monoisotopic (exact) mass is 231 g/mol. The molecule has 0 amide bonds. The summed E-state index contributed by atoms with van der Waals surface area (Å²) in [6, 6.07) is 7.04. The van der Waals surface area contributed by atoms with E-state index < -0.39 is 5.97 Å². The van der Waals surface area contributed by atoms with E-state index in [0.29, 0.717) is 25.2 Å². The zero-order valence-corrected chi connectivity index (χ0v) is 9.80. The molecule has 0 aliphatic rings. The number of carboxylic acid groups (broad SMARTS) is 1. The molecule has 3 heteroatoms. The molecule has 90 valence electrons. The first-order chi connectivity index (χ1) is 8.19. The highest BCUT2D eigenvalue weighted by Crippen LogP contribution is 2.11. The summed E-state index contributed by atoms with van der Waals surface area (Å²) in [7, 11) is 0. The zero-order valence-electron chi connectivity index (χ0n) is 9.80. The summed E-state index contributed by atoms with van der Waals surface area (Å²) in [4.78, 5) is 13.1. The first-order valence-corrected chi connectivity index (χ1v) is 5.44. The van der Waals surface area contributed by atoms with Gasteiger partial charge >= 0.3 is 5.97 Å². The average Bonchev–Trinajstić information content (AvgIpc) is 2.30. The molecule has 0 fully saturated rings. The standard InChI is InChI=1S/C14H17NO2/c1-3-9-15(10-4-2)11-12-7-5-6-8-13(12)14(16)17/h3-8H,1-2,9-11H2,(H,16,17). The Bertz CT molecular complexity index is 402. The van der Waals surface area contributed by atoms with E-state index in [0.717, 1.165) is 5.56 Å². The van der Waals surface area contributed by atoms with Crippen molar-refractivity contribution in [3.8, 4) is 0 Å². The molecule has 0 saturated heterocycles. The number of hydrogen-bond acceptors (Lipinski definition) is 2. The van der Waals surface area contributed by atoms with Gasteiger partial charge < -0.3 is 5.11 Å². The van der Waals surface area contributed by atoms with Gasteiger partial charge in [-0.25, -0.2) is 4.79 Å². The van der Waals surface area contributed by atoms with Crippen LogP contribution in [0, 0.1) is 0 Å². The Balaban J connectivity index is 2.87. The van der Waals surface area contributed by atoms with E-state index >= 15 is 0 Å². The SMILES string of the molecule is C=CCN(CC=C)Cc1ccccc1C(=O)O. The van der Waals surface area contributed by atoms with E-state index in [2.05, 4.69) is 18.1 Å². The van der Waals surface area contributed by atoms with Gasteiger partial charge in [0.2, 0.25) is 0 Å². The minimum Gasteiger partial charge on any atom is -0.478 e. The lowest BCUT2D eigenvalue weighted by Gasteiger charge is -2.19. The van der Waals surface area contributed by atoms with E-state index in [1.807, 2.05) is 12.1 Å². The summed E-state index contributed by atoms with van der Waals surface area (Å²) in [6.07, 6.45) is 3.60. The lowest BCUT2D eigenvalue weighted by atomic mass is 10.1. The number of nitrogens with zero attached hydrogens (tertiary/aromatic N) is 1. The van der Waals surface area contributed by atoms with Gasteiger partial charge in [-0.2, -0.15) is 0 Å². The first-order valence-electron chi connectivity index (χ1n) is 5.44. The fourth-order valence-electron chi connectivity index (χ4n) is 1.68. The molecule has 0 aromatic heterocycles. The maximum absolute atomic E-state index is 11.1. The smallest absolute Gasteiger partial charge is 0.336 e. The molecule has 0 aliphatic carbocycles. The van der Waals surface area contributed by atoms with Crippen LogP contribution < -0.4 is 0 Å². The van der Waals surface area contributed by atoms with Crippen LogP contribution in [0.25, 0.3) is 0 Å². The number of rotatable bonds is 7. The van der Waals surface area contributed by atoms with Gasteiger partial charge in [0.05, 0.1) is 5.56 Å². The summed E-state index contributed by atoms with van der Waals surface area (Å²) in [5, 5.41) is 9.08. The average molecular weight is 231 g/mol. The molecule has 0 heterocycles. The van der Waals surface area contributed by atoms with Gasteiger partial charge in [0, 0.05) is 19.6 Å². The highest BCUT2D eigenvalue weighted by Gasteiger charge is 2.11. The van der Waals surface area contributed by atoms with Crippen molar-refractivity contribution in [1.29, 1.82) is 0 Å². The molecule has 0 radical (unpaired) electrons. The maximum atomic E-state index is 11.1. The third-order valence-electron chi connectivity index (χ3n) is 2.42. The van der Waals surface area contributed by atoms with Crippen LogP contribution in [-0.2, 0) is 6.54 Å². The molecule has 1 aromatic carbocycles. The molecule has 0 unspecified atom stereocenters. The predicted octanol–water partition coefficient (Wildman–Crippen LogP) is 2.56. The van der Waals surface area contributed by atoms with Gasteiger partial charge in [-0.05, 0) is 11.6 Å². The van der Waals surface area contributed by atoms with Crippen molar-refractivity contribution in [3.05, 3.63) is 60.7 Å². The van der Waals surface area contributed by atoms with Crippen molar-refractivity contribution in [2.75, 3.05) is 13.1 Å². The second-order valence-electron chi connectivity index (χ2n) is 3.73. The van der Waals surface area contributed by atoms with Crippen LogP contribution in [-0.4, -0.2) is 29.1 Å². The second-order valence-corrected chi connectivity index (χ2v) is 3.73. The summed E-state index contributed by atoms with van der Waals surface area (Å²) in [5.74, 6) is -0.891. The van der Waals surface area contributed by atoms with Crippen molar-refractivity contribution >= 4 is 5.97 Å². The van der Waals surface area contributed by atoms with Crippen LogP contribution in [0.5, 0.6) is 0 Å². The molecule has 0 saturated carbocycles. The van der Waals surface area contributed by atoms with Crippen molar-refractivity contribution in [3.63, 3.8) is 0 Å². The number of aromatic carboxylic acids is 1. The van der Waals surface area contributed by atoms with Gasteiger partial charge in [0.25, 0.3) is 0 Å². The molecule has 17 heavy (non-hydrogen) atoms. The predicted molar refractivity (Wildman–Crippen MR) is 69.1 cm³/mol. The molecule has 1 aromatic rings. The molecule has 1 N–H and O–H groups in total. The van der Waals surface area contributed by atoms with Crippen molar-refractivity contribution < 1.29 is 9.90 Å². The minimum absolute atomic E-state index is 0.352. The Morgan fingerprint density at radius 1 is 1.24 bits per heavy atom. The second kappa shape index (κ2) is 6.66. The minimum atomic E-state index is -0.891. The highest BCUT2D eigenvalue weighted by molar-refractivity contribution is 5.89. The normalized spacial score (nSPS) is 10.2. The summed E-state index contributed by atoms with van der Waals surface area (Å²) < 4.78 is 0. The lowest BCUT2D eigenvalue weighted by Crippen LogP contribution is -2.24. The zero-order chi connectivity index (χ0) is 12.7. The Morgan fingerprint density at radius 2 is 1.82 bits per heavy atom. The fourth-order valence-corrected chi connectivity index (χ4v) is 1.68. The molecule has 0 aliphatic heterocycles. The van der Waals surface area contributed by atoms with Crippen LogP contribution in [0.15, 0.2) is 49.6 Å². The van der Waals surface area contributed by atoms with E-state index in [1.165, 1.54) is 0 Å². The quantitative estimate of drug-likeness (QED) is 0.733. The van der Waals surface area contributed by atoms with Gasteiger partial charge in [-0.3, -0.25) is 4.90 Å². The van der Waals surface area contributed by atoms with Crippen LogP contribution in [0.1, 0.15) is 15.9 Å². The number of carbonyl (C=O) groups is 1. The van der Waals surface area contributed by atoms with Crippen molar-refractivity contribution in [2.24, 2.45) is 0 Å². The van der Waals surface area contributed by atoms with Crippen LogP contribution in [0.3, 0.4) is 0 Å². The van der Waals surface area contributed by atoms with Gasteiger partial charge in [0.15, 0.2) is 0 Å². The number of benzene rings is 1. The van der Waals surface area contributed by atoms with E-state index in [9.17, 15) is 4.79 Å². The fraction of sp³-hybridized carbons (Fsp3) is 0.214. The maximum Gasteiger partial charge on any atom is 0.336 e. The Kier molecular flexibility index (Phi) is 5.17. The molecule has 0 atom stereocenters. The molecule has 1 rings (SSSR count). The van der Waals surface area contributed by atoms with Crippen LogP contribution in [0.4, 0.5) is 0 Å². The van der Waals surface area contributed by atoms with Crippen molar-refractivity contribution in [2.45, 2.75) is 6.54 Å². The Labute approximate surface area is 102 Å². The third kappa shape index (κ3) is 3.89. The molecule has 0 spiro atoms. The summed E-state index contributed by atoms with van der Waals surface area (Å²) in [6.45, 7) is 9.38. The number of carboxylic acids is 1. The topological polar surface area (TPSA) is 40.5 Å². The Morgan fingerprint density at radius 3 is 2.35 bits per heavy atom. The van der Waals surface area contributed by atoms with E-state index in [-0.39, 0.29) is 0 Å². The van der Waals surface area contributed by atoms with Gasteiger partial charge in [-0.15, -0.1) is 13.2 Å². The third-order valence-corrected chi connectivity index (χ3v) is 2.42. The Hall–Kier alpha value is -1.87. The van der Waals surface area contributed by atoms with Gasteiger partial charge in [0.1, 0.15) is 0 Å². The first kappa shape index (κ1) is 13.2. The number of hydrogen-bond donors (Lipinski definition) is 1. The van der Waals surface area contributed by atoms with Crippen LogP contribution in [0.2, 0.25) is 0 Å². The summed E-state index contributed by atoms with van der Waals surface area (Å²) in [5.41, 5.74) is 1.16. The van der Waals surface area contributed by atoms with E-state index in [4.69, 9.17) is 5.11 Å². The van der Waals surface area contributed by atoms with Crippen LogP contribution >= 0.6 is 0 Å². The highest BCUT2D eigenvalue weighted by atomic mass is 16.4. The van der Waals surface area contributed by atoms with Gasteiger partial charge in [-0.1, -0.05) is 30.4 Å². The molecule has 0 bridgehead atoms.